The summed E-state index contributed by atoms with van der Waals surface area (Å²) in [7, 11) is 0. The molecular formula is C13H12O2. The van der Waals surface area contributed by atoms with E-state index in [4.69, 9.17) is 4.74 Å². The van der Waals surface area contributed by atoms with Gasteiger partial charge in [0.05, 0.1) is 5.56 Å². The predicted octanol–water partition coefficient (Wildman–Crippen LogP) is 2.79. The molecule has 0 saturated carbocycles. The van der Waals surface area contributed by atoms with E-state index in [0.717, 1.165) is 24.8 Å². The minimum Gasteiger partial charge on any atom is -0.454 e. The molecular weight excluding hydrogens is 188 g/mol. The van der Waals surface area contributed by atoms with E-state index in [1.165, 1.54) is 5.57 Å². The summed E-state index contributed by atoms with van der Waals surface area (Å²) < 4.78 is 5.41. The van der Waals surface area contributed by atoms with Gasteiger partial charge in [-0.1, -0.05) is 24.3 Å². The molecule has 0 spiro atoms. The molecule has 1 heterocycles. The first-order chi connectivity index (χ1) is 7.36. The Balaban J connectivity index is 2.18. The molecule has 2 nitrogen and oxygen atoms in total. The Bertz CT molecular complexity index is 446. The summed E-state index contributed by atoms with van der Waals surface area (Å²) in [5.41, 5.74) is 2.98. The molecule has 15 heavy (non-hydrogen) atoms. The molecule has 0 bridgehead atoms. The minimum absolute atomic E-state index is 0.00106. The van der Waals surface area contributed by atoms with Gasteiger partial charge in [-0.05, 0) is 36.5 Å². The summed E-state index contributed by atoms with van der Waals surface area (Å²) in [6, 6.07) is 7.71. The third-order valence-corrected chi connectivity index (χ3v) is 3.09. The van der Waals surface area contributed by atoms with E-state index in [1.54, 1.807) is 0 Å². The molecule has 1 aromatic rings. The van der Waals surface area contributed by atoms with Gasteiger partial charge in [-0.15, -0.1) is 0 Å². The van der Waals surface area contributed by atoms with Crippen LogP contribution in [-0.2, 0) is 4.74 Å². The van der Waals surface area contributed by atoms with Crippen LogP contribution in [0.5, 0.6) is 0 Å². The molecule has 1 aliphatic heterocycles. The molecule has 0 amide bonds. The monoisotopic (exact) mass is 200 g/mol. The fourth-order valence-electron chi connectivity index (χ4n) is 2.36. The zero-order valence-electron chi connectivity index (χ0n) is 8.40. The summed E-state index contributed by atoms with van der Waals surface area (Å²) in [6.07, 6.45) is 5.38. The second kappa shape index (κ2) is 3.23. The zero-order valence-corrected chi connectivity index (χ0v) is 8.40. The van der Waals surface area contributed by atoms with Gasteiger partial charge >= 0.3 is 5.97 Å². The summed E-state index contributed by atoms with van der Waals surface area (Å²) in [5.74, 6) is -0.172. The first-order valence-electron chi connectivity index (χ1n) is 5.37. The molecule has 0 radical (unpaired) electrons. The lowest BCUT2D eigenvalue weighted by Crippen LogP contribution is -2.28. The maximum atomic E-state index is 11.7. The zero-order chi connectivity index (χ0) is 10.3. The first-order valence-corrected chi connectivity index (χ1v) is 5.37. The SMILES string of the molecule is O=C1OC2CCCC=C2c2ccccc21. The molecule has 2 heteroatoms. The Kier molecular flexibility index (Phi) is 1.88. The smallest absolute Gasteiger partial charge is 0.339 e. The molecule has 0 fully saturated rings. The summed E-state index contributed by atoms with van der Waals surface area (Å²) >= 11 is 0. The molecule has 1 aliphatic carbocycles. The number of allylic oxidation sites excluding steroid dienone is 1. The Morgan fingerprint density at radius 1 is 1.20 bits per heavy atom. The highest BCUT2D eigenvalue weighted by Crippen LogP contribution is 2.35. The number of esters is 1. The second-order valence-corrected chi connectivity index (χ2v) is 4.03. The van der Waals surface area contributed by atoms with Crippen LogP contribution in [0.1, 0.15) is 35.2 Å². The lowest BCUT2D eigenvalue weighted by Gasteiger charge is -2.30. The van der Waals surface area contributed by atoms with Gasteiger partial charge in [-0.2, -0.15) is 0 Å². The van der Waals surface area contributed by atoms with Crippen LogP contribution in [0.4, 0.5) is 0 Å². The van der Waals surface area contributed by atoms with Crippen LogP contribution in [0, 0.1) is 0 Å². The van der Waals surface area contributed by atoms with Crippen molar-refractivity contribution in [3.8, 4) is 0 Å². The number of hydrogen-bond acceptors (Lipinski definition) is 2. The van der Waals surface area contributed by atoms with E-state index in [0.29, 0.717) is 5.56 Å². The third kappa shape index (κ3) is 1.29. The average Bonchev–Trinajstić information content (AvgIpc) is 2.30. The lowest BCUT2D eigenvalue weighted by atomic mass is 9.86. The highest BCUT2D eigenvalue weighted by molar-refractivity contribution is 5.99. The number of ether oxygens (including phenoxy) is 1. The topological polar surface area (TPSA) is 26.3 Å². The Labute approximate surface area is 88.6 Å². The largest absolute Gasteiger partial charge is 0.454 e. The molecule has 1 aromatic carbocycles. The van der Waals surface area contributed by atoms with Gasteiger partial charge in [0.2, 0.25) is 0 Å². The van der Waals surface area contributed by atoms with Gasteiger partial charge in [0.1, 0.15) is 6.10 Å². The van der Waals surface area contributed by atoms with Crippen LogP contribution in [-0.4, -0.2) is 12.1 Å². The molecule has 3 rings (SSSR count). The van der Waals surface area contributed by atoms with Gasteiger partial charge < -0.3 is 4.74 Å². The molecule has 1 atom stereocenters. The van der Waals surface area contributed by atoms with E-state index in [9.17, 15) is 4.79 Å². The molecule has 1 unspecified atom stereocenters. The van der Waals surface area contributed by atoms with Gasteiger partial charge in [0, 0.05) is 0 Å². The van der Waals surface area contributed by atoms with Crippen molar-refractivity contribution in [1.82, 2.24) is 0 Å². The van der Waals surface area contributed by atoms with Gasteiger partial charge in [0.25, 0.3) is 0 Å². The Morgan fingerprint density at radius 3 is 2.87 bits per heavy atom. The van der Waals surface area contributed by atoms with E-state index in [1.807, 2.05) is 24.3 Å². The number of fused-ring (bicyclic) bond motifs is 3. The van der Waals surface area contributed by atoms with Crippen molar-refractivity contribution in [3.63, 3.8) is 0 Å². The normalized spacial score (nSPS) is 23.6. The van der Waals surface area contributed by atoms with Crippen LogP contribution in [0.25, 0.3) is 5.57 Å². The second-order valence-electron chi connectivity index (χ2n) is 4.03. The van der Waals surface area contributed by atoms with Crippen LogP contribution >= 0.6 is 0 Å². The Morgan fingerprint density at radius 2 is 2.00 bits per heavy atom. The fourth-order valence-corrected chi connectivity index (χ4v) is 2.36. The van der Waals surface area contributed by atoms with Crippen LogP contribution in [0.2, 0.25) is 0 Å². The summed E-state index contributed by atoms with van der Waals surface area (Å²) in [4.78, 5) is 11.7. The molecule has 0 aromatic heterocycles. The number of carbonyl (C=O) groups is 1. The maximum absolute atomic E-state index is 11.7. The average molecular weight is 200 g/mol. The number of carbonyl (C=O) groups excluding carboxylic acids is 1. The standard InChI is InChI=1S/C13H12O2/c14-13-11-7-2-1-5-9(11)10-6-3-4-8-12(10)15-13/h1-2,5-7,12H,3-4,8H2. The summed E-state index contributed by atoms with van der Waals surface area (Å²) in [5, 5.41) is 0. The van der Waals surface area contributed by atoms with Gasteiger partial charge in [-0.3, -0.25) is 0 Å². The van der Waals surface area contributed by atoms with Crippen LogP contribution in [0.15, 0.2) is 30.3 Å². The van der Waals surface area contributed by atoms with Crippen molar-refractivity contribution in [2.75, 3.05) is 0 Å². The maximum Gasteiger partial charge on any atom is 0.339 e. The quantitative estimate of drug-likeness (QED) is 0.602. The first kappa shape index (κ1) is 8.72. The third-order valence-electron chi connectivity index (χ3n) is 3.09. The van der Waals surface area contributed by atoms with Crippen molar-refractivity contribution < 1.29 is 9.53 Å². The highest BCUT2D eigenvalue weighted by atomic mass is 16.5. The number of benzene rings is 1. The van der Waals surface area contributed by atoms with Crippen LogP contribution in [0.3, 0.4) is 0 Å². The van der Waals surface area contributed by atoms with Crippen LogP contribution < -0.4 is 0 Å². The number of rotatable bonds is 0. The molecule has 0 saturated heterocycles. The van der Waals surface area contributed by atoms with Crippen molar-refractivity contribution in [2.24, 2.45) is 0 Å². The van der Waals surface area contributed by atoms with E-state index in [2.05, 4.69) is 6.08 Å². The van der Waals surface area contributed by atoms with Crippen molar-refractivity contribution in [1.29, 1.82) is 0 Å². The fraction of sp³-hybridized carbons (Fsp3) is 0.308. The van der Waals surface area contributed by atoms with E-state index >= 15 is 0 Å². The van der Waals surface area contributed by atoms with Crippen molar-refractivity contribution in [2.45, 2.75) is 25.4 Å². The van der Waals surface area contributed by atoms with E-state index in [-0.39, 0.29) is 12.1 Å². The minimum atomic E-state index is -0.172. The van der Waals surface area contributed by atoms with Crippen molar-refractivity contribution >= 4 is 11.5 Å². The Hall–Kier alpha value is -1.57. The predicted molar refractivity (Wildman–Crippen MR) is 57.5 cm³/mol. The molecule has 2 aliphatic rings. The van der Waals surface area contributed by atoms with Gasteiger partial charge in [0.15, 0.2) is 0 Å². The highest BCUT2D eigenvalue weighted by Gasteiger charge is 2.31. The number of hydrogen-bond donors (Lipinski definition) is 0. The van der Waals surface area contributed by atoms with E-state index < -0.39 is 0 Å². The van der Waals surface area contributed by atoms with Gasteiger partial charge in [-0.25, -0.2) is 4.79 Å². The lowest BCUT2D eigenvalue weighted by molar-refractivity contribution is 0.0367. The molecule has 0 N–H and O–H groups in total. The van der Waals surface area contributed by atoms with Crippen molar-refractivity contribution in [3.05, 3.63) is 41.5 Å². The summed E-state index contributed by atoms with van der Waals surface area (Å²) in [6.45, 7) is 0. The molecule has 76 valence electrons.